The summed E-state index contributed by atoms with van der Waals surface area (Å²) in [6.45, 7) is 5.73. The quantitative estimate of drug-likeness (QED) is 0.862. The van der Waals surface area contributed by atoms with E-state index in [0.717, 1.165) is 34.3 Å². The molecule has 0 aliphatic heterocycles. The predicted molar refractivity (Wildman–Crippen MR) is 81.7 cm³/mol. The number of hydrogen-bond donors (Lipinski definition) is 1. The van der Waals surface area contributed by atoms with Gasteiger partial charge >= 0.3 is 0 Å². The van der Waals surface area contributed by atoms with Crippen LogP contribution in [0.3, 0.4) is 0 Å². The summed E-state index contributed by atoms with van der Waals surface area (Å²) in [7, 11) is 0. The Morgan fingerprint density at radius 2 is 1.89 bits per heavy atom. The van der Waals surface area contributed by atoms with Gasteiger partial charge in [-0.1, -0.05) is 46.6 Å². The van der Waals surface area contributed by atoms with Gasteiger partial charge in [0.2, 0.25) is 0 Å². The molecule has 3 heteroatoms. The van der Waals surface area contributed by atoms with Crippen molar-refractivity contribution in [3.63, 3.8) is 0 Å². The molecule has 0 aliphatic carbocycles. The van der Waals surface area contributed by atoms with Gasteiger partial charge in [0.25, 0.3) is 0 Å². The molecule has 1 N–H and O–H groups in total. The van der Waals surface area contributed by atoms with E-state index in [1.54, 1.807) is 6.07 Å². The second-order valence-corrected chi connectivity index (χ2v) is 5.48. The van der Waals surface area contributed by atoms with Crippen LogP contribution in [-0.4, -0.2) is 6.54 Å². The van der Waals surface area contributed by atoms with Crippen molar-refractivity contribution in [3.8, 4) is 11.1 Å². The lowest BCUT2D eigenvalue weighted by atomic mass is 9.97. The first-order valence-corrected chi connectivity index (χ1v) is 7.16. The maximum atomic E-state index is 14.0. The van der Waals surface area contributed by atoms with E-state index in [2.05, 4.69) is 40.3 Å². The molecule has 2 rings (SSSR count). The van der Waals surface area contributed by atoms with Gasteiger partial charge in [-0.2, -0.15) is 0 Å². The van der Waals surface area contributed by atoms with Gasteiger partial charge in [0, 0.05) is 16.6 Å². The Balaban J connectivity index is 2.52. The number of benzene rings is 2. The van der Waals surface area contributed by atoms with Crippen LogP contribution in [-0.2, 0) is 6.54 Å². The van der Waals surface area contributed by atoms with Crippen molar-refractivity contribution in [1.82, 2.24) is 5.32 Å². The molecule has 0 heterocycles. The highest BCUT2D eigenvalue weighted by Crippen LogP contribution is 2.30. The zero-order chi connectivity index (χ0) is 13.8. The fourth-order valence-corrected chi connectivity index (χ4v) is 2.42. The molecule has 19 heavy (non-hydrogen) atoms. The molecule has 2 aromatic carbocycles. The van der Waals surface area contributed by atoms with E-state index in [1.165, 1.54) is 6.07 Å². The van der Waals surface area contributed by atoms with E-state index in [4.69, 9.17) is 0 Å². The van der Waals surface area contributed by atoms with E-state index in [9.17, 15) is 4.39 Å². The van der Waals surface area contributed by atoms with E-state index < -0.39 is 0 Å². The summed E-state index contributed by atoms with van der Waals surface area (Å²) in [6, 6.07) is 11.2. The van der Waals surface area contributed by atoms with Gasteiger partial charge in [-0.3, -0.25) is 0 Å². The van der Waals surface area contributed by atoms with Crippen LogP contribution in [0.4, 0.5) is 4.39 Å². The molecule has 0 aliphatic rings. The van der Waals surface area contributed by atoms with Gasteiger partial charge in [0.15, 0.2) is 0 Å². The van der Waals surface area contributed by atoms with Crippen molar-refractivity contribution in [2.75, 3.05) is 6.54 Å². The van der Waals surface area contributed by atoms with E-state index in [1.807, 2.05) is 19.1 Å². The molecule has 0 aromatic heterocycles. The maximum absolute atomic E-state index is 14.0. The molecule has 1 nitrogen and oxygen atoms in total. The monoisotopic (exact) mass is 321 g/mol. The lowest BCUT2D eigenvalue weighted by Gasteiger charge is -2.12. The molecule has 2 aromatic rings. The van der Waals surface area contributed by atoms with Crippen LogP contribution in [0.1, 0.15) is 18.1 Å². The second kappa shape index (κ2) is 6.31. The Labute approximate surface area is 122 Å². The fraction of sp³-hybridized carbons (Fsp3) is 0.250. The van der Waals surface area contributed by atoms with Crippen LogP contribution in [0.2, 0.25) is 0 Å². The third-order valence-corrected chi connectivity index (χ3v) is 3.54. The van der Waals surface area contributed by atoms with Crippen LogP contribution < -0.4 is 5.32 Å². The molecule has 0 spiro atoms. The normalized spacial score (nSPS) is 10.7. The maximum Gasteiger partial charge on any atom is 0.131 e. The highest BCUT2D eigenvalue weighted by atomic mass is 79.9. The molecule has 0 saturated heterocycles. The molecule has 100 valence electrons. The van der Waals surface area contributed by atoms with Crippen LogP contribution in [0.15, 0.2) is 40.9 Å². The Kier molecular flexibility index (Phi) is 4.72. The van der Waals surface area contributed by atoms with Crippen molar-refractivity contribution in [3.05, 3.63) is 57.8 Å². The number of hydrogen-bond acceptors (Lipinski definition) is 1. The molecule has 0 atom stereocenters. The van der Waals surface area contributed by atoms with Gasteiger partial charge in [-0.15, -0.1) is 0 Å². The van der Waals surface area contributed by atoms with E-state index >= 15 is 0 Å². The van der Waals surface area contributed by atoms with Gasteiger partial charge in [-0.05, 0) is 42.8 Å². The van der Waals surface area contributed by atoms with Crippen molar-refractivity contribution in [2.24, 2.45) is 0 Å². The first kappa shape index (κ1) is 14.2. The zero-order valence-corrected chi connectivity index (χ0v) is 12.7. The fourth-order valence-electron chi connectivity index (χ4n) is 2.06. The van der Waals surface area contributed by atoms with E-state index in [-0.39, 0.29) is 5.82 Å². The molecular weight excluding hydrogens is 305 g/mol. The Bertz CT molecular complexity index is 581. The average Bonchev–Trinajstić information content (AvgIpc) is 2.40. The van der Waals surface area contributed by atoms with Gasteiger partial charge in [0.1, 0.15) is 5.82 Å². The Hall–Kier alpha value is -1.19. The smallest absolute Gasteiger partial charge is 0.131 e. The standard InChI is InChI=1S/C16H17BrFN/c1-3-19-10-12-5-4-11(2)8-14(12)15-9-13(17)6-7-16(15)18/h4-9,19H,3,10H2,1-2H3. The third-order valence-electron chi connectivity index (χ3n) is 3.05. The number of halogens is 2. The average molecular weight is 322 g/mol. The summed E-state index contributed by atoms with van der Waals surface area (Å²) < 4.78 is 14.9. The summed E-state index contributed by atoms with van der Waals surface area (Å²) in [5.74, 6) is -0.188. The molecule has 0 saturated carbocycles. The number of aryl methyl sites for hydroxylation is 1. The third kappa shape index (κ3) is 3.43. The van der Waals surface area contributed by atoms with Gasteiger partial charge in [0.05, 0.1) is 0 Å². The van der Waals surface area contributed by atoms with Gasteiger partial charge < -0.3 is 5.32 Å². The Morgan fingerprint density at radius 3 is 2.63 bits per heavy atom. The second-order valence-electron chi connectivity index (χ2n) is 4.57. The van der Waals surface area contributed by atoms with Crippen LogP contribution >= 0.6 is 15.9 Å². The minimum Gasteiger partial charge on any atom is -0.313 e. The van der Waals surface area contributed by atoms with Crippen LogP contribution in [0.25, 0.3) is 11.1 Å². The van der Waals surface area contributed by atoms with Crippen molar-refractivity contribution >= 4 is 15.9 Å². The number of rotatable bonds is 4. The van der Waals surface area contributed by atoms with Crippen LogP contribution in [0.5, 0.6) is 0 Å². The summed E-state index contributed by atoms with van der Waals surface area (Å²) in [5, 5.41) is 3.29. The highest BCUT2D eigenvalue weighted by molar-refractivity contribution is 9.10. The lowest BCUT2D eigenvalue weighted by Crippen LogP contribution is -2.12. The molecule has 0 radical (unpaired) electrons. The summed E-state index contributed by atoms with van der Waals surface area (Å²) in [5.41, 5.74) is 3.85. The summed E-state index contributed by atoms with van der Waals surface area (Å²) in [6.07, 6.45) is 0. The largest absolute Gasteiger partial charge is 0.313 e. The summed E-state index contributed by atoms with van der Waals surface area (Å²) >= 11 is 3.41. The lowest BCUT2D eigenvalue weighted by molar-refractivity contribution is 0.630. The molecular formula is C16H17BrFN. The van der Waals surface area contributed by atoms with Crippen LogP contribution in [0, 0.1) is 12.7 Å². The first-order valence-electron chi connectivity index (χ1n) is 6.37. The molecule has 0 amide bonds. The minimum absolute atomic E-state index is 0.188. The Morgan fingerprint density at radius 1 is 1.11 bits per heavy atom. The van der Waals surface area contributed by atoms with Crippen molar-refractivity contribution in [1.29, 1.82) is 0 Å². The SMILES string of the molecule is CCNCc1ccc(C)cc1-c1cc(Br)ccc1F. The van der Waals surface area contributed by atoms with E-state index in [0.29, 0.717) is 5.56 Å². The number of nitrogens with one attached hydrogen (secondary N) is 1. The first-order chi connectivity index (χ1) is 9.11. The molecule has 0 unspecified atom stereocenters. The topological polar surface area (TPSA) is 12.0 Å². The summed E-state index contributed by atoms with van der Waals surface area (Å²) in [4.78, 5) is 0. The molecule has 0 fully saturated rings. The predicted octanol–water partition coefficient (Wildman–Crippen LogP) is 4.67. The highest BCUT2D eigenvalue weighted by Gasteiger charge is 2.10. The van der Waals surface area contributed by atoms with Crippen molar-refractivity contribution < 1.29 is 4.39 Å². The zero-order valence-electron chi connectivity index (χ0n) is 11.1. The minimum atomic E-state index is -0.188. The van der Waals surface area contributed by atoms with Gasteiger partial charge in [-0.25, -0.2) is 4.39 Å². The molecule has 0 bridgehead atoms. The van der Waals surface area contributed by atoms with Crippen molar-refractivity contribution in [2.45, 2.75) is 20.4 Å².